The summed E-state index contributed by atoms with van der Waals surface area (Å²) in [6.45, 7) is 9.66. The molecular formula is C57H45N5. The number of fused-ring (bicyclic) bond motifs is 8. The number of benzene rings is 8. The van der Waals surface area contributed by atoms with Crippen LogP contribution in [0.25, 0.3) is 99.9 Å². The first-order valence-electron chi connectivity index (χ1n) is 21.7. The summed E-state index contributed by atoms with van der Waals surface area (Å²) >= 11 is 0. The number of hydrogen-bond acceptors (Lipinski definition) is 3. The largest absolute Gasteiger partial charge is 0.309 e. The van der Waals surface area contributed by atoms with Crippen LogP contribution in [0.3, 0.4) is 0 Å². The van der Waals surface area contributed by atoms with Gasteiger partial charge in [-0.25, -0.2) is 4.98 Å². The molecule has 1 aliphatic carbocycles. The number of rotatable bonds is 5. The van der Waals surface area contributed by atoms with Crippen molar-refractivity contribution in [1.29, 1.82) is 0 Å². The Morgan fingerprint density at radius 1 is 0.371 bits per heavy atom. The van der Waals surface area contributed by atoms with E-state index in [1.54, 1.807) is 0 Å². The van der Waals surface area contributed by atoms with Gasteiger partial charge in [-0.15, -0.1) is 0 Å². The fraction of sp³-hybridized carbons (Fsp3) is 0.140. The minimum atomic E-state index is 0.0707. The molecule has 298 valence electrons. The highest BCUT2D eigenvalue weighted by Gasteiger charge is 2.38. The molecule has 3 aromatic heterocycles. The van der Waals surface area contributed by atoms with E-state index in [0.717, 1.165) is 56.8 Å². The minimum Gasteiger partial charge on any atom is -0.309 e. The van der Waals surface area contributed by atoms with Crippen LogP contribution in [0.15, 0.2) is 176 Å². The van der Waals surface area contributed by atoms with Crippen LogP contribution in [0.4, 0.5) is 0 Å². The van der Waals surface area contributed by atoms with E-state index in [9.17, 15) is 0 Å². The third-order valence-corrected chi connectivity index (χ3v) is 13.6. The van der Waals surface area contributed by atoms with Crippen LogP contribution in [0.2, 0.25) is 0 Å². The maximum absolute atomic E-state index is 5.37. The van der Waals surface area contributed by atoms with Gasteiger partial charge in [-0.3, -0.25) is 4.57 Å². The van der Waals surface area contributed by atoms with Gasteiger partial charge in [0.2, 0.25) is 5.95 Å². The number of para-hydroxylation sites is 2. The van der Waals surface area contributed by atoms with Crippen molar-refractivity contribution < 1.29 is 0 Å². The van der Waals surface area contributed by atoms with Crippen LogP contribution in [0.5, 0.6) is 0 Å². The molecule has 8 aromatic carbocycles. The standard InChI is InChI=1S/C57H45N5/c1-56(2)28-29-57(3,4)48-35-52-44(32-47(48)56)46-34-51-45(33-50(46)61(52)42-20-12-7-13-21-42)43-22-14-15-23-49(43)62(51)55-59-53(37-18-10-6-11-19-37)58-54(60-55)41-27-26-39-30-38(24-25-40(39)31-41)36-16-8-5-9-17-36/h5-27,30-35H,28-29H2,1-4H3. The van der Waals surface area contributed by atoms with E-state index in [0.29, 0.717) is 17.6 Å². The van der Waals surface area contributed by atoms with Gasteiger partial charge in [0.25, 0.3) is 0 Å². The van der Waals surface area contributed by atoms with Crippen LogP contribution >= 0.6 is 0 Å². The van der Waals surface area contributed by atoms with Crippen LogP contribution in [0, 0.1) is 0 Å². The SMILES string of the molecule is CC1(C)CCC(C)(C)c2cc3c(cc21)c1cc2c(cc1n3-c1ccccc1)c1ccccc1n2-c1nc(-c2ccccc2)nc(-c2ccc3cc(-c4ccccc4)ccc3c2)n1. The first-order chi connectivity index (χ1) is 30.2. The zero-order valence-corrected chi connectivity index (χ0v) is 35.4. The summed E-state index contributed by atoms with van der Waals surface area (Å²) in [7, 11) is 0. The van der Waals surface area contributed by atoms with Crippen molar-refractivity contribution in [2.45, 2.75) is 51.4 Å². The molecule has 0 N–H and O–H groups in total. The molecule has 0 saturated carbocycles. The molecular weight excluding hydrogens is 755 g/mol. The summed E-state index contributed by atoms with van der Waals surface area (Å²) in [5.41, 5.74) is 13.0. The van der Waals surface area contributed by atoms with Gasteiger partial charge < -0.3 is 4.57 Å². The van der Waals surface area contributed by atoms with Crippen molar-refractivity contribution in [2.75, 3.05) is 0 Å². The summed E-state index contributed by atoms with van der Waals surface area (Å²) in [6.07, 6.45) is 2.32. The molecule has 0 fully saturated rings. The first kappa shape index (κ1) is 36.5. The first-order valence-corrected chi connectivity index (χ1v) is 21.7. The van der Waals surface area contributed by atoms with Gasteiger partial charge in [0.15, 0.2) is 11.6 Å². The summed E-state index contributed by atoms with van der Waals surface area (Å²) in [5, 5.41) is 7.08. The van der Waals surface area contributed by atoms with Crippen LogP contribution < -0.4 is 0 Å². The molecule has 11 aromatic rings. The Kier molecular flexibility index (Phi) is 7.98. The Morgan fingerprint density at radius 2 is 0.871 bits per heavy atom. The quantitative estimate of drug-likeness (QED) is 0.174. The third-order valence-electron chi connectivity index (χ3n) is 13.6. The average Bonchev–Trinajstić information content (AvgIpc) is 3.81. The fourth-order valence-corrected chi connectivity index (χ4v) is 10.1. The van der Waals surface area contributed by atoms with Gasteiger partial charge in [-0.05, 0) is 111 Å². The van der Waals surface area contributed by atoms with Gasteiger partial charge in [0, 0.05) is 38.4 Å². The van der Waals surface area contributed by atoms with Crippen molar-refractivity contribution in [2.24, 2.45) is 0 Å². The smallest absolute Gasteiger partial charge is 0.238 e. The number of nitrogens with zero attached hydrogens (tertiary/aromatic N) is 5. The zero-order valence-electron chi connectivity index (χ0n) is 35.4. The molecule has 0 amide bonds. The summed E-state index contributed by atoms with van der Waals surface area (Å²) in [6, 6.07) is 63.3. The van der Waals surface area contributed by atoms with Gasteiger partial charge >= 0.3 is 0 Å². The normalized spacial score (nSPS) is 14.6. The second-order valence-electron chi connectivity index (χ2n) is 18.4. The molecule has 5 nitrogen and oxygen atoms in total. The lowest BCUT2D eigenvalue weighted by molar-refractivity contribution is 0.332. The zero-order chi connectivity index (χ0) is 41.7. The van der Waals surface area contributed by atoms with E-state index in [1.165, 1.54) is 49.4 Å². The van der Waals surface area contributed by atoms with Crippen molar-refractivity contribution in [3.8, 4) is 45.5 Å². The molecule has 0 spiro atoms. The summed E-state index contributed by atoms with van der Waals surface area (Å²) in [5.74, 6) is 1.85. The molecule has 12 rings (SSSR count). The van der Waals surface area contributed by atoms with E-state index in [1.807, 2.05) is 18.2 Å². The van der Waals surface area contributed by atoms with Crippen molar-refractivity contribution in [1.82, 2.24) is 24.1 Å². The highest BCUT2D eigenvalue weighted by molar-refractivity contribution is 6.19. The van der Waals surface area contributed by atoms with Gasteiger partial charge in [0.1, 0.15) is 0 Å². The molecule has 3 heterocycles. The molecule has 62 heavy (non-hydrogen) atoms. The van der Waals surface area contributed by atoms with Gasteiger partial charge in [-0.1, -0.05) is 149 Å². The second kappa shape index (κ2) is 13.6. The van der Waals surface area contributed by atoms with E-state index in [4.69, 9.17) is 15.0 Å². The van der Waals surface area contributed by atoms with Crippen molar-refractivity contribution in [3.63, 3.8) is 0 Å². The topological polar surface area (TPSA) is 48.5 Å². The highest BCUT2D eigenvalue weighted by Crippen LogP contribution is 2.49. The summed E-state index contributed by atoms with van der Waals surface area (Å²) in [4.78, 5) is 15.8. The van der Waals surface area contributed by atoms with Gasteiger partial charge in [-0.2, -0.15) is 9.97 Å². The molecule has 0 aliphatic heterocycles. The molecule has 0 atom stereocenters. The Hall–Kier alpha value is -7.37. The van der Waals surface area contributed by atoms with Crippen LogP contribution in [-0.4, -0.2) is 24.1 Å². The Labute approximate surface area is 361 Å². The summed E-state index contributed by atoms with van der Waals surface area (Å²) < 4.78 is 4.73. The van der Waals surface area contributed by atoms with Gasteiger partial charge in [0.05, 0.1) is 22.1 Å². The van der Waals surface area contributed by atoms with Crippen LogP contribution in [-0.2, 0) is 10.8 Å². The predicted octanol–water partition coefficient (Wildman–Crippen LogP) is 14.6. The van der Waals surface area contributed by atoms with E-state index >= 15 is 0 Å². The predicted molar refractivity (Wildman–Crippen MR) is 258 cm³/mol. The molecule has 1 aliphatic rings. The van der Waals surface area contributed by atoms with Crippen molar-refractivity contribution >= 4 is 54.4 Å². The Morgan fingerprint density at radius 3 is 1.56 bits per heavy atom. The van der Waals surface area contributed by atoms with E-state index in [2.05, 4.69) is 195 Å². The molecule has 0 unspecified atom stereocenters. The minimum absolute atomic E-state index is 0.0707. The lowest BCUT2D eigenvalue weighted by Crippen LogP contribution is -2.33. The second-order valence-corrected chi connectivity index (χ2v) is 18.4. The Bertz CT molecular complexity index is 3560. The lowest BCUT2D eigenvalue weighted by atomic mass is 9.63. The number of aromatic nitrogens is 5. The average molecular weight is 800 g/mol. The van der Waals surface area contributed by atoms with Crippen molar-refractivity contribution in [3.05, 3.63) is 187 Å². The Balaban J connectivity index is 1.12. The monoisotopic (exact) mass is 799 g/mol. The van der Waals surface area contributed by atoms with E-state index in [-0.39, 0.29) is 10.8 Å². The molecule has 0 bridgehead atoms. The van der Waals surface area contributed by atoms with E-state index < -0.39 is 0 Å². The van der Waals surface area contributed by atoms with Crippen LogP contribution in [0.1, 0.15) is 51.7 Å². The fourth-order valence-electron chi connectivity index (χ4n) is 10.1. The molecule has 5 heteroatoms. The molecule has 0 saturated heterocycles. The molecule has 0 radical (unpaired) electrons. The third kappa shape index (κ3) is 5.72. The maximum atomic E-state index is 5.37. The number of hydrogen-bond donors (Lipinski definition) is 0. The maximum Gasteiger partial charge on any atom is 0.238 e. The highest BCUT2D eigenvalue weighted by atomic mass is 15.2. The lowest BCUT2D eigenvalue weighted by Gasteiger charge is -2.42.